The van der Waals surface area contributed by atoms with Gasteiger partial charge in [-0.3, -0.25) is 0 Å². The van der Waals surface area contributed by atoms with Crippen LogP contribution in [0.2, 0.25) is 0 Å². The fraction of sp³-hybridized carbons (Fsp3) is 0.533. The number of nitrogens with zero attached hydrogens (tertiary/aromatic N) is 2. The van der Waals surface area contributed by atoms with E-state index < -0.39 is 11.6 Å². The molecular weight excluding hydrogens is 246 g/mol. The molecule has 2 nitrogen and oxygen atoms in total. The molecule has 0 spiro atoms. The molecule has 1 fully saturated rings. The molecule has 0 N–H and O–H groups in total. The lowest BCUT2D eigenvalue weighted by atomic mass is 9.85. The Morgan fingerprint density at radius 3 is 2.32 bits per heavy atom. The van der Waals surface area contributed by atoms with Crippen LogP contribution < -0.4 is 4.90 Å². The molecule has 0 radical (unpaired) electrons. The molecule has 1 aromatic rings. The van der Waals surface area contributed by atoms with E-state index in [1.807, 2.05) is 6.92 Å². The normalized spacial score (nSPS) is 27.2. The molecule has 0 saturated carbocycles. The van der Waals surface area contributed by atoms with Gasteiger partial charge in [0.05, 0.1) is 11.6 Å². The van der Waals surface area contributed by atoms with Crippen LogP contribution in [0.15, 0.2) is 12.1 Å². The van der Waals surface area contributed by atoms with Crippen molar-refractivity contribution < 1.29 is 8.78 Å². The van der Waals surface area contributed by atoms with Crippen LogP contribution in [0, 0.1) is 34.8 Å². The second-order valence-corrected chi connectivity index (χ2v) is 5.61. The molecule has 3 unspecified atom stereocenters. The van der Waals surface area contributed by atoms with Crippen LogP contribution in [0.4, 0.5) is 14.5 Å². The highest BCUT2D eigenvalue weighted by Gasteiger charge is 2.32. The third-order valence-electron chi connectivity index (χ3n) is 4.03. The predicted octanol–water partition coefficient (Wildman–Crippen LogP) is 3.71. The number of halogens is 2. The van der Waals surface area contributed by atoms with E-state index >= 15 is 0 Å². The zero-order valence-corrected chi connectivity index (χ0v) is 11.5. The third kappa shape index (κ3) is 2.56. The first-order chi connectivity index (χ1) is 8.93. The van der Waals surface area contributed by atoms with Gasteiger partial charge in [0.15, 0.2) is 11.6 Å². The summed E-state index contributed by atoms with van der Waals surface area (Å²) in [6.45, 7) is 6.83. The number of anilines is 1. The molecule has 4 heteroatoms. The Labute approximate surface area is 112 Å². The van der Waals surface area contributed by atoms with E-state index in [0.29, 0.717) is 18.4 Å². The fourth-order valence-corrected chi connectivity index (χ4v) is 2.91. The Kier molecular flexibility index (Phi) is 3.75. The SMILES string of the molecule is CC1CC(C)C(C)N(c2c(F)cc(C#N)cc2F)C1. The van der Waals surface area contributed by atoms with Crippen molar-refractivity contribution in [1.29, 1.82) is 5.26 Å². The van der Waals surface area contributed by atoms with Crippen molar-refractivity contribution in [3.63, 3.8) is 0 Å². The average Bonchev–Trinajstić information content (AvgIpc) is 2.34. The maximum Gasteiger partial charge on any atom is 0.150 e. The Balaban J connectivity index is 2.44. The minimum absolute atomic E-state index is 0.00454. The third-order valence-corrected chi connectivity index (χ3v) is 4.03. The Bertz CT molecular complexity index is 498. The van der Waals surface area contributed by atoms with Gasteiger partial charge in [-0.1, -0.05) is 13.8 Å². The van der Waals surface area contributed by atoms with Crippen molar-refractivity contribution in [1.82, 2.24) is 0 Å². The van der Waals surface area contributed by atoms with Crippen molar-refractivity contribution in [2.24, 2.45) is 11.8 Å². The Morgan fingerprint density at radius 2 is 1.79 bits per heavy atom. The predicted molar refractivity (Wildman–Crippen MR) is 70.8 cm³/mol. The summed E-state index contributed by atoms with van der Waals surface area (Å²) in [5.74, 6) is -0.506. The van der Waals surface area contributed by atoms with Crippen LogP contribution in [0.5, 0.6) is 0 Å². The van der Waals surface area contributed by atoms with Gasteiger partial charge in [0.2, 0.25) is 0 Å². The first-order valence-corrected chi connectivity index (χ1v) is 6.59. The lowest BCUT2D eigenvalue weighted by Gasteiger charge is -2.42. The summed E-state index contributed by atoms with van der Waals surface area (Å²) in [7, 11) is 0. The quantitative estimate of drug-likeness (QED) is 0.773. The molecule has 0 bridgehead atoms. The fourth-order valence-electron chi connectivity index (χ4n) is 2.91. The van der Waals surface area contributed by atoms with Gasteiger partial charge in [-0.05, 0) is 37.3 Å². The van der Waals surface area contributed by atoms with Gasteiger partial charge in [0.25, 0.3) is 0 Å². The van der Waals surface area contributed by atoms with Gasteiger partial charge in [-0.15, -0.1) is 0 Å². The first-order valence-electron chi connectivity index (χ1n) is 6.59. The van der Waals surface area contributed by atoms with Crippen LogP contribution in [0.25, 0.3) is 0 Å². The summed E-state index contributed by atoms with van der Waals surface area (Å²) >= 11 is 0. The summed E-state index contributed by atoms with van der Waals surface area (Å²) in [4.78, 5) is 1.80. The van der Waals surface area contributed by atoms with Crippen molar-refractivity contribution >= 4 is 5.69 Å². The number of nitriles is 1. The minimum atomic E-state index is -0.648. The molecule has 2 rings (SSSR count). The molecule has 0 amide bonds. The summed E-state index contributed by atoms with van der Waals surface area (Å²) in [6, 6.07) is 4.07. The Morgan fingerprint density at radius 1 is 1.21 bits per heavy atom. The van der Waals surface area contributed by atoms with Gasteiger partial charge in [-0.2, -0.15) is 5.26 Å². The van der Waals surface area contributed by atoms with E-state index in [9.17, 15) is 8.78 Å². The lowest BCUT2D eigenvalue weighted by Crippen LogP contribution is -2.46. The highest BCUT2D eigenvalue weighted by Crippen LogP contribution is 2.34. The van der Waals surface area contributed by atoms with Crippen LogP contribution in [-0.4, -0.2) is 12.6 Å². The molecule has 1 saturated heterocycles. The largest absolute Gasteiger partial charge is 0.364 e. The van der Waals surface area contributed by atoms with Crippen LogP contribution in [0.1, 0.15) is 32.8 Å². The molecule has 1 aliphatic rings. The van der Waals surface area contributed by atoms with Gasteiger partial charge in [-0.25, -0.2) is 8.78 Å². The van der Waals surface area contributed by atoms with E-state index in [2.05, 4.69) is 13.8 Å². The van der Waals surface area contributed by atoms with Crippen molar-refractivity contribution in [3.05, 3.63) is 29.3 Å². The summed E-state index contributed by atoms with van der Waals surface area (Å²) in [5, 5.41) is 8.73. The molecule has 102 valence electrons. The topological polar surface area (TPSA) is 27.0 Å². The Hall–Kier alpha value is -1.63. The zero-order valence-electron chi connectivity index (χ0n) is 11.5. The van der Waals surface area contributed by atoms with Crippen LogP contribution >= 0.6 is 0 Å². The van der Waals surface area contributed by atoms with Crippen LogP contribution in [-0.2, 0) is 0 Å². The first kappa shape index (κ1) is 13.8. The number of piperidine rings is 1. The van der Waals surface area contributed by atoms with Crippen LogP contribution in [0.3, 0.4) is 0 Å². The number of rotatable bonds is 1. The van der Waals surface area contributed by atoms with Gasteiger partial charge in [0, 0.05) is 12.6 Å². The molecule has 1 aromatic carbocycles. The second-order valence-electron chi connectivity index (χ2n) is 5.61. The highest BCUT2D eigenvalue weighted by atomic mass is 19.1. The molecule has 19 heavy (non-hydrogen) atoms. The van der Waals surface area contributed by atoms with E-state index in [4.69, 9.17) is 5.26 Å². The molecule has 0 aromatic heterocycles. The monoisotopic (exact) mass is 264 g/mol. The molecule has 0 aliphatic carbocycles. The zero-order chi connectivity index (χ0) is 14.2. The van der Waals surface area contributed by atoms with E-state index in [1.165, 1.54) is 0 Å². The molecule has 1 aliphatic heterocycles. The van der Waals surface area contributed by atoms with Gasteiger partial charge < -0.3 is 4.90 Å². The minimum Gasteiger partial charge on any atom is -0.364 e. The van der Waals surface area contributed by atoms with Gasteiger partial charge >= 0.3 is 0 Å². The molecular formula is C15H18F2N2. The maximum atomic E-state index is 14.1. The van der Waals surface area contributed by atoms with E-state index in [1.54, 1.807) is 11.0 Å². The number of benzene rings is 1. The van der Waals surface area contributed by atoms with Crippen molar-refractivity contribution in [2.45, 2.75) is 33.2 Å². The molecule has 1 heterocycles. The second kappa shape index (κ2) is 5.16. The summed E-state index contributed by atoms with van der Waals surface area (Å²) in [6.07, 6.45) is 1.07. The lowest BCUT2D eigenvalue weighted by molar-refractivity contribution is 0.293. The van der Waals surface area contributed by atoms with E-state index in [-0.39, 0.29) is 17.3 Å². The molecule has 3 atom stereocenters. The number of hydrogen-bond donors (Lipinski definition) is 0. The number of hydrogen-bond acceptors (Lipinski definition) is 2. The maximum absolute atomic E-state index is 14.1. The summed E-state index contributed by atoms with van der Waals surface area (Å²) < 4.78 is 28.2. The van der Waals surface area contributed by atoms with Crippen molar-refractivity contribution in [3.8, 4) is 6.07 Å². The average molecular weight is 264 g/mol. The van der Waals surface area contributed by atoms with Crippen molar-refractivity contribution in [2.75, 3.05) is 11.4 Å². The van der Waals surface area contributed by atoms with Gasteiger partial charge in [0.1, 0.15) is 5.69 Å². The summed E-state index contributed by atoms with van der Waals surface area (Å²) in [5.41, 5.74) is 0.0226. The highest BCUT2D eigenvalue weighted by molar-refractivity contribution is 5.53. The van der Waals surface area contributed by atoms with E-state index in [0.717, 1.165) is 18.6 Å². The smallest absolute Gasteiger partial charge is 0.150 e. The standard InChI is InChI=1S/C15H18F2N2/c1-9-4-10(2)11(3)19(8-9)15-13(16)5-12(7-18)6-14(15)17/h5-6,9-11H,4,8H2,1-3H3.